The van der Waals surface area contributed by atoms with Crippen LogP contribution in [0.5, 0.6) is 5.75 Å². The first-order valence-electron chi connectivity index (χ1n) is 10.9. The Bertz CT molecular complexity index is 1120. The summed E-state index contributed by atoms with van der Waals surface area (Å²) < 4.78 is 35.3. The van der Waals surface area contributed by atoms with Crippen LogP contribution in [0.4, 0.5) is 4.79 Å². The molecule has 2 aliphatic heterocycles. The number of amides is 1. The summed E-state index contributed by atoms with van der Waals surface area (Å²) in [4.78, 5) is 14.3. The van der Waals surface area contributed by atoms with Gasteiger partial charge in [0.2, 0.25) is 0 Å². The van der Waals surface area contributed by atoms with Crippen molar-refractivity contribution in [3.05, 3.63) is 53.4 Å². The number of ether oxygens (including phenoxy) is 2. The highest BCUT2D eigenvalue weighted by molar-refractivity contribution is 7.94. The third kappa shape index (κ3) is 5.15. The summed E-state index contributed by atoms with van der Waals surface area (Å²) in [7, 11) is -3.28. The molecular weight excluding hydrogens is 426 g/mol. The van der Waals surface area contributed by atoms with Crippen LogP contribution in [0, 0.1) is 5.92 Å². The quantitative estimate of drug-likeness (QED) is 0.638. The molecule has 7 heteroatoms. The van der Waals surface area contributed by atoms with Crippen LogP contribution in [0.2, 0.25) is 0 Å². The number of carbonyl (C=O) groups is 1. The number of likely N-dealkylation sites (tertiary alicyclic amines) is 1. The molecule has 0 saturated carbocycles. The minimum atomic E-state index is -3.28. The predicted octanol–water partition coefficient (Wildman–Crippen LogP) is 5.14. The molecule has 4 rings (SSSR count). The van der Waals surface area contributed by atoms with Gasteiger partial charge in [-0.3, -0.25) is 0 Å². The van der Waals surface area contributed by atoms with Crippen LogP contribution in [0.15, 0.2) is 52.8 Å². The maximum absolute atomic E-state index is 12.2. The molecule has 0 aromatic heterocycles. The number of benzene rings is 2. The normalized spacial score (nSPS) is 17.8. The van der Waals surface area contributed by atoms with Crippen LogP contribution >= 0.6 is 0 Å². The average Bonchev–Trinajstić information content (AvgIpc) is 3.06. The third-order valence-electron chi connectivity index (χ3n) is 5.68. The van der Waals surface area contributed by atoms with Gasteiger partial charge in [0.15, 0.2) is 9.84 Å². The number of carbonyl (C=O) groups excluding carboxylic acids is 1. The first-order valence-corrected chi connectivity index (χ1v) is 12.4. The minimum absolute atomic E-state index is 0.243. The second-order valence-corrected chi connectivity index (χ2v) is 11.1. The van der Waals surface area contributed by atoms with E-state index in [1.807, 2.05) is 57.2 Å². The highest BCUT2D eigenvalue weighted by Crippen LogP contribution is 2.32. The molecule has 0 unspecified atom stereocenters. The van der Waals surface area contributed by atoms with Gasteiger partial charge >= 0.3 is 6.09 Å². The Balaban J connectivity index is 1.29. The van der Waals surface area contributed by atoms with Crippen LogP contribution in [0.25, 0.3) is 17.2 Å². The summed E-state index contributed by atoms with van der Waals surface area (Å²) in [5.74, 6) is 1.20. The van der Waals surface area contributed by atoms with E-state index in [0.717, 1.165) is 35.3 Å². The molecule has 1 fully saturated rings. The number of rotatable bonds is 4. The van der Waals surface area contributed by atoms with E-state index in [-0.39, 0.29) is 6.09 Å². The molecule has 1 saturated heterocycles. The van der Waals surface area contributed by atoms with Gasteiger partial charge in [-0.05, 0) is 86.6 Å². The van der Waals surface area contributed by atoms with Gasteiger partial charge in [-0.15, -0.1) is 0 Å². The largest absolute Gasteiger partial charge is 0.493 e. The van der Waals surface area contributed by atoms with Gasteiger partial charge in [0.25, 0.3) is 0 Å². The van der Waals surface area contributed by atoms with E-state index in [4.69, 9.17) is 9.47 Å². The Morgan fingerprint density at radius 2 is 1.69 bits per heavy atom. The first kappa shape index (κ1) is 22.4. The van der Waals surface area contributed by atoms with Crippen molar-refractivity contribution in [2.24, 2.45) is 5.92 Å². The molecule has 2 aromatic rings. The summed E-state index contributed by atoms with van der Waals surface area (Å²) in [5, 5.41) is 1.25. The summed E-state index contributed by atoms with van der Waals surface area (Å²) in [6, 6.07) is 13.2. The zero-order valence-electron chi connectivity index (χ0n) is 18.7. The van der Waals surface area contributed by atoms with Crippen molar-refractivity contribution in [2.45, 2.75) is 44.1 Å². The standard InChI is InChI=1S/C25H29NO5S/c1-25(2,3)31-24(27)26-13-10-18(11-14-26)17-30-22-7-4-19(5-8-22)20-6-9-23-21(16-20)12-15-32(23,28)29/h4-9,12,15-16,18H,10-11,13-14,17H2,1-3H3. The van der Waals surface area contributed by atoms with Crippen LogP contribution in [0.1, 0.15) is 39.2 Å². The second-order valence-electron chi connectivity index (χ2n) is 9.35. The lowest BCUT2D eigenvalue weighted by Crippen LogP contribution is -2.42. The Hall–Kier alpha value is -2.80. The van der Waals surface area contributed by atoms with E-state index in [9.17, 15) is 13.2 Å². The topological polar surface area (TPSA) is 72.9 Å². The molecule has 6 nitrogen and oxygen atoms in total. The molecule has 0 N–H and O–H groups in total. The number of sulfone groups is 1. The fourth-order valence-electron chi connectivity index (χ4n) is 3.92. The van der Waals surface area contributed by atoms with Gasteiger partial charge in [-0.1, -0.05) is 18.2 Å². The summed E-state index contributed by atoms with van der Waals surface area (Å²) in [6.45, 7) is 7.62. The van der Waals surface area contributed by atoms with Crippen LogP contribution < -0.4 is 4.74 Å². The average molecular weight is 456 g/mol. The minimum Gasteiger partial charge on any atom is -0.493 e. The lowest BCUT2D eigenvalue weighted by Gasteiger charge is -2.33. The zero-order valence-corrected chi connectivity index (χ0v) is 19.5. The number of piperidine rings is 1. The zero-order chi connectivity index (χ0) is 22.9. The van der Waals surface area contributed by atoms with Crippen LogP contribution in [-0.2, 0) is 14.6 Å². The van der Waals surface area contributed by atoms with Crippen molar-refractivity contribution in [2.75, 3.05) is 19.7 Å². The smallest absolute Gasteiger partial charge is 0.410 e. The number of hydrogen-bond acceptors (Lipinski definition) is 5. The molecule has 0 spiro atoms. The van der Waals surface area contributed by atoms with E-state index >= 15 is 0 Å². The molecule has 2 heterocycles. The molecule has 0 radical (unpaired) electrons. The molecule has 0 aliphatic carbocycles. The van der Waals surface area contributed by atoms with E-state index in [1.165, 1.54) is 5.41 Å². The molecule has 2 aliphatic rings. The Morgan fingerprint density at radius 3 is 2.34 bits per heavy atom. The molecule has 32 heavy (non-hydrogen) atoms. The van der Waals surface area contributed by atoms with Gasteiger partial charge in [0.05, 0.1) is 11.5 Å². The maximum Gasteiger partial charge on any atom is 0.410 e. The molecular formula is C25H29NO5S. The van der Waals surface area contributed by atoms with Crippen molar-refractivity contribution in [1.29, 1.82) is 0 Å². The fraction of sp³-hybridized carbons (Fsp3) is 0.400. The Morgan fingerprint density at radius 1 is 1.03 bits per heavy atom. The molecule has 0 atom stereocenters. The molecule has 0 bridgehead atoms. The van der Waals surface area contributed by atoms with Gasteiger partial charge in [-0.2, -0.15) is 0 Å². The van der Waals surface area contributed by atoms with Gasteiger partial charge in [0.1, 0.15) is 11.4 Å². The van der Waals surface area contributed by atoms with Gasteiger partial charge in [0, 0.05) is 18.5 Å². The highest BCUT2D eigenvalue weighted by atomic mass is 32.2. The van der Waals surface area contributed by atoms with Crippen LogP contribution in [0.3, 0.4) is 0 Å². The lowest BCUT2D eigenvalue weighted by atomic mass is 9.98. The SMILES string of the molecule is CC(C)(C)OC(=O)N1CCC(COc2ccc(-c3ccc4c(c3)C=CS4(=O)=O)cc2)CC1. The second kappa shape index (κ2) is 8.62. The van der Waals surface area contributed by atoms with Crippen molar-refractivity contribution >= 4 is 22.0 Å². The summed E-state index contributed by atoms with van der Waals surface area (Å²) in [6.07, 6.45) is 3.18. The molecule has 1 amide bonds. The van der Waals surface area contributed by atoms with E-state index < -0.39 is 15.4 Å². The number of nitrogens with zero attached hydrogens (tertiary/aromatic N) is 1. The van der Waals surface area contributed by atoms with Crippen molar-refractivity contribution < 1.29 is 22.7 Å². The van der Waals surface area contributed by atoms with E-state index in [1.54, 1.807) is 17.0 Å². The van der Waals surface area contributed by atoms with Crippen molar-refractivity contribution in [1.82, 2.24) is 4.90 Å². The molecule has 170 valence electrons. The monoisotopic (exact) mass is 455 g/mol. The fourth-order valence-corrected chi connectivity index (χ4v) is 5.11. The predicted molar refractivity (Wildman–Crippen MR) is 124 cm³/mol. The Labute approximate surface area is 189 Å². The van der Waals surface area contributed by atoms with E-state index in [2.05, 4.69) is 0 Å². The lowest BCUT2D eigenvalue weighted by molar-refractivity contribution is 0.0165. The van der Waals surface area contributed by atoms with Gasteiger partial charge < -0.3 is 14.4 Å². The summed E-state index contributed by atoms with van der Waals surface area (Å²) in [5.41, 5.74) is 2.22. The van der Waals surface area contributed by atoms with Crippen molar-refractivity contribution in [3.63, 3.8) is 0 Å². The highest BCUT2D eigenvalue weighted by Gasteiger charge is 2.27. The number of fused-ring (bicyclic) bond motifs is 1. The summed E-state index contributed by atoms with van der Waals surface area (Å²) >= 11 is 0. The third-order valence-corrected chi connectivity index (χ3v) is 7.16. The first-order chi connectivity index (χ1) is 15.1. The maximum atomic E-state index is 12.2. The van der Waals surface area contributed by atoms with Crippen molar-refractivity contribution in [3.8, 4) is 16.9 Å². The van der Waals surface area contributed by atoms with E-state index in [0.29, 0.717) is 30.5 Å². The Kier molecular flexibility index (Phi) is 6.03. The van der Waals surface area contributed by atoms with Gasteiger partial charge in [-0.25, -0.2) is 13.2 Å². The molecule has 2 aromatic carbocycles. The number of hydrogen-bond donors (Lipinski definition) is 0. The van der Waals surface area contributed by atoms with Crippen LogP contribution in [-0.4, -0.2) is 44.7 Å².